The van der Waals surface area contributed by atoms with Gasteiger partial charge in [-0.25, -0.2) is 0 Å². The van der Waals surface area contributed by atoms with E-state index >= 15 is 0 Å². The van der Waals surface area contributed by atoms with Crippen LogP contribution in [0.2, 0.25) is 0 Å². The number of rotatable bonds is 6. The van der Waals surface area contributed by atoms with Crippen LogP contribution in [-0.2, 0) is 4.79 Å². The fourth-order valence-electron chi connectivity index (χ4n) is 2.93. The van der Waals surface area contributed by atoms with Crippen LogP contribution in [-0.4, -0.2) is 18.5 Å². The van der Waals surface area contributed by atoms with E-state index in [4.69, 9.17) is 5.73 Å². The van der Waals surface area contributed by atoms with Gasteiger partial charge in [-0.2, -0.15) is 0 Å². The number of nitrogens with two attached hydrogens (primary N) is 1. The lowest BCUT2D eigenvalue weighted by Gasteiger charge is -2.35. The Morgan fingerprint density at radius 2 is 2.17 bits per heavy atom. The van der Waals surface area contributed by atoms with E-state index in [2.05, 4.69) is 26.1 Å². The van der Waals surface area contributed by atoms with E-state index in [1.807, 2.05) is 0 Å². The zero-order valence-electron chi connectivity index (χ0n) is 12.3. The number of nitrogens with one attached hydrogen (secondary N) is 1. The first-order chi connectivity index (χ1) is 8.43. The second-order valence-corrected chi connectivity index (χ2v) is 6.75. The summed E-state index contributed by atoms with van der Waals surface area (Å²) in [5.41, 5.74) is 5.91. The number of carbonyl (C=O) groups is 1. The van der Waals surface area contributed by atoms with Crippen LogP contribution in [0.4, 0.5) is 0 Å². The Bertz CT molecular complexity index is 263. The van der Waals surface area contributed by atoms with Crippen molar-refractivity contribution in [1.82, 2.24) is 5.32 Å². The molecule has 0 aromatic heterocycles. The molecule has 0 aromatic carbocycles. The van der Waals surface area contributed by atoms with Gasteiger partial charge in [-0.1, -0.05) is 27.2 Å². The Labute approximate surface area is 112 Å². The molecule has 3 N–H and O–H groups in total. The summed E-state index contributed by atoms with van der Waals surface area (Å²) < 4.78 is 0. The zero-order chi connectivity index (χ0) is 13.6. The Morgan fingerprint density at radius 3 is 2.78 bits per heavy atom. The van der Waals surface area contributed by atoms with E-state index in [9.17, 15) is 4.79 Å². The molecule has 0 heterocycles. The summed E-state index contributed by atoms with van der Waals surface area (Å²) in [6.45, 7) is 7.49. The van der Waals surface area contributed by atoms with Crippen LogP contribution >= 0.6 is 0 Å². The SMILES string of the molecule is CC(CCN)CCC(=O)NC1CCCC(C)(C)C1. The molecule has 1 saturated carbocycles. The minimum atomic E-state index is 0.224. The van der Waals surface area contributed by atoms with Gasteiger partial charge in [0.25, 0.3) is 0 Å². The van der Waals surface area contributed by atoms with Crippen molar-refractivity contribution in [2.75, 3.05) is 6.54 Å². The molecular weight excluding hydrogens is 224 g/mol. The van der Waals surface area contributed by atoms with E-state index in [-0.39, 0.29) is 5.91 Å². The van der Waals surface area contributed by atoms with Gasteiger partial charge < -0.3 is 11.1 Å². The Morgan fingerprint density at radius 1 is 1.44 bits per heavy atom. The highest BCUT2D eigenvalue weighted by Crippen LogP contribution is 2.35. The first-order valence-electron chi connectivity index (χ1n) is 7.42. The fraction of sp³-hybridized carbons (Fsp3) is 0.933. The van der Waals surface area contributed by atoms with Crippen LogP contribution in [0, 0.1) is 11.3 Å². The average molecular weight is 254 g/mol. The van der Waals surface area contributed by atoms with Crippen molar-refractivity contribution in [3.8, 4) is 0 Å². The molecule has 1 aliphatic rings. The second-order valence-electron chi connectivity index (χ2n) is 6.75. The molecule has 0 aromatic rings. The summed E-state index contributed by atoms with van der Waals surface area (Å²) in [5, 5.41) is 3.20. The number of hydrogen-bond donors (Lipinski definition) is 2. The summed E-state index contributed by atoms with van der Waals surface area (Å²) >= 11 is 0. The van der Waals surface area contributed by atoms with E-state index in [1.54, 1.807) is 0 Å². The number of carbonyl (C=O) groups excluding carboxylic acids is 1. The van der Waals surface area contributed by atoms with Gasteiger partial charge in [-0.3, -0.25) is 4.79 Å². The maximum Gasteiger partial charge on any atom is 0.220 e. The third-order valence-electron chi connectivity index (χ3n) is 4.09. The highest BCUT2D eigenvalue weighted by Gasteiger charge is 2.28. The van der Waals surface area contributed by atoms with Crippen molar-refractivity contribution in [1.29, 1.82) is 0 Å². The monoisotopic (exact) mass is 254 g/mol. The van der Waals surface area contributed by atoms with E-state index in [0.717, 1.165) is 32.2 Å². The van der Waals surface area contributed by atoms with Gasteiger partial charge in [0, 0.05) is 12.5 Å². The predicted molar refractivity (Wildman–Crippen MR) is 76.2 cm³/mol. The highest BCUT2D eigenvalue weighted by molar-refractivity contribution is 5.76. The maximum atomic E-state index is 11.9. The lowest BCUT2D eigenvalue weighted by molar-refractivity contribution is -0.122. The molecular formula is C15H30N2O. The lowest BCUT2D eigenvalue weighted by Crippen LogP contribution is -2.40. The quantitative estimate of drug-likeness (QED) is 0.766. The first kappa shape index (κ1) is 15.5. The van der Waals surface area contributed by atoms with Gasteiger partial charge in [0.2, 0.25) is 5.91 Å². The molecule has 1 amide bonds. The standard InChI is InChI=1S/C15H30N2O/c1-12(8-10-16)6-7-14(18)17-13-5-4-9-15(2,3)11-13/h12-13H,4-11,16H2,1-3H3,(H,17,18). The second kappa shape index (κ2) is 7.13. The molecule has 1 aliphatic carbocycles. The van der Waals surface area contributed by atoms with Crippen molar-refractivity contribution >= 4 is 5.91 Å². The summed E-state index contributed by atoms with van der Waals surface area (Å²) in [6, 6.07) is 0.395. The van der Waals surface area contributed by atoms with Crippen molar-refractivity contribution < 1.29 is 4.79 Å². The lowest BCUT2D eigenvalue weighted by atomic mass is 9.75. The average Bonchev–Trinajstić information content (AvgIpc) is 2.25. The molecule has 2 unspecified atom stereocenters. The first-order valence-corrected chi connectivity index (χ1v) is 7.42. The zero-order valence-corrected chi connectivity index (χ0v) is 12.3. The molecule has 2 atom stereocenters. The van der Waals surface area contributed by atoms with Crippen LogP contribution in [0.15, 0.2) is 0 Å². The van der Waals surface area contributed by atoms with Crippen LogP contribution in [0.5, 0.6) is 0 Å². The summed E-state index contributed by atoms with van der Waals surface area (Å²) in [7, 11) is 0. The van der Waals surface area contributed by atoms with Crippen molar-refractivity contribution in [3.63, 3.8) is 0 Å². The summed E-state index contributed by atoms with van der Waals surface area (Å²) in [6.07, 6.45) is 7.42. The Kier molecular flexibility index (Phi) is 6.13. The normalized spacial score (nSPS) is 24.6. The van der Waals surface area contributed by atoms with E-state index in [1.165, 1.54) is 12.8 Å². The largest absolute Gasteiger partial charge is 0.353 e. The molecule has 1 fully saturated rings. The van der Waals surface area contributed by atoms with Gasteiger partial charge in [0.05, 0.1) is 0 Å². The molecule has 18 heavy (non-hydrogen) atoms. The van der Waals surface area contributed by atoms with Gasteiger partial charge >= 0.3 is 0 Å². The van der Waals surface area contributed by atoms with Gasteiger partial charge in [0.15, 0.2) is 0 Å². The molecule has 3 nitrogen and oxygen atoms in total. The maximum absolute atomic E-state index is 11.9. The van der Waals surface area contributed by atoms with Crippen LogP contribution in [0.25, 0.3) is 0 Å². The van der Waals surface area contributed by atoms with Crippen molar-refractivity contribution in [2.45, 2.75) is 71.8 Å². The number of hydrogen-bond acceptors (Lipinski definition) is 2. The molecule has 1 rings (SSSR count). The van der Waals surface area contributed by atoms with Crippen LogP contribution in [0.3, 0.4) is 0 Å². The van der Waals surface area contributed by atoms with Crippen molar-refractivity contribution in [2.24, 2.45) is 17.1 Å². The summed E-state index contributed by atoms with van der Waals surface area (Å²) in [5.74, 6) is 0.783. The van der Waals surface area contributed by atoms with Crippen LogP contribution < -0.4 is 11.1 Å². The molecule has 0 aliphatic heterocycles. The van der Waals surface area contributed by atoms with Gasteiger partial charge in [-0.15, -0.1) is 0 Å². The molecule has 0 radical (unpaired) electrons. The molecule has 106 valence electrons. The minimum Gasteiger partial charge on any atom is -0.353 e. The minimum absolute atomic E-state index is 0.224. The third-order valence-corrected chi connectivity index (χ3v) is 4.09. The molecule has 0 saturated heterocycles. The van der Waals surface area contributed by atoms with Gasteiger partial charge in [0.1, 0.15) is 0 Å². The molecule has 0 bridgehead atoms. The topological polar surface area (TPSA) is 55.1 Å². The van der Waals surface area contributed by atoms with Crippen molar-refractivity contribution in [3.05, 3.63) is 0 Å². The fourth-order valence-corrected chi connectivity index (χ4v) is 2.93. The van der Waals surface area contributed by atoms with Crippen LogP contribution in [0.1, 0.15) is 65.7 Å². The predicted octanol–water partition coefficient (Wildman–Crippen LogP) is 2.84. The summed E-state index contributed by atoms with van der Waals surface area (Å²) in [4.78, 5) is 11.9. The van der Waals surface area contributed by atoms with E-state index in [0.29, 0.717) is 23.8 Å². The Hall–Kier alpha value is -0.570. The molecule has 0 spiro atoms. The molecule has 3 heteroatoms. The third kappa shape index (κ3) is 5.85. The highest BCUT2D eigenvalue weighted by atomic mass is 16.1. The van der Waals surface area contributed by atoms with E-state index < -0.39 is 0 Å². The smallest absolute Gasteiger partial charge is 0.220 e. The van der Waals surface area contributed by atoms with Gasteiger partial charge in [-0.05, 0) is 50.0 Å². The Balaban J connectivity index is 2.23. The number of amides is 1.